The Morgan fingerprint density at radius 2 is 1.83 bits per heavy atom. The zero-order chi connectivity index (χ0) is 17.2. The summed E-state index contributed by atoms with van der Waals surface area (Å²) in [5, 5.41) is 10.8. The van der Waals surface area contributed by atoms with E-state index in [2.05, 4.69) is 4.98 Å². The highest BCUT2D eigenvalue weighted by molar-refractivity contribution is 5.71. The van der Waals surface area contributed by atoms with Gasteiger partial charge >= 0.3 is 23.1 Å². The van der Waals surface area contributed by atoms with E-state index in [0.29, 0.717) is 0 Å². The molecule has 0 aliphatic rings. The molecule has 0 spiro atoms. The van der Waals surface area contributed by atoms with Gasteiger partial charge < -0.3 is 4.98 Å². The third kappa shape index (κ3) is 3.73. The summed E-state index contributed by atoms with van der Waals surface area (Å²) in [6.07, 6.45) is -2.43. The van der Waals surface area contributed by atoms with Crippen molar-refractivity contribution in [3.8, 4) is 0 Å². The third-order valence-corrected chi connectivity index (χ3v) is 2.78. The molecule has 0 radical (unpaired) electrons. The van der Waals surface area contributed by atoms with Crippen LogP contribution < -0.4 is 11.2 Å². The molecule has 2 aromatic rings. The number of H-pyrrole nitrogens is 2. The van der Waals surface area contributed by atoms with Gasteiger partial charge in [-0.25, -0.2) is 4.79 Å². The molecule has 0 bridgehead atoms. The Hall–Kier alpha value is -3.17. The molecule has 0 amide bonds. The molecule has 7 nitrogen and oxygen atoms in total. The number of halogens is 3. The fourth-order valence-electron chi connectivity index (χ4n) is 1.80. The normalized spacial score (nSPS) is 11.8. The Bertz CT molecular complexity index is 896. The molecule has 0 aliphatic carbocycles. The van der Waals surface area contributed by atoms with Gasteiger partial charge in [0.15, 0.2) is 0 Å². The quantitative estimate of drug-likeness (QED) is 0.665. The van der Waals surface area contributed by atoms with Crippen LogP contribution in [0.15, 0.2) is 33.9 Å². The Morgan fingerprint density at radius 1 is 1.13 bits per heavy atom. The first-order chi connectivity index (χ1) is 10.7. The van der Waals surface area contributed by atoms with Crippen LogP contribution in [0.4, 0.5) is 18.9 Å². The zero-order valence-electron chi connectivity index (χ0n) is 11.2. The lowest BCUT2D eigenvalue weighted by atomic mass is 10.1. The van der Waals surface area contributed by atoms with Gasteiger partial charge in [-0.1, -0.05) is 18.2 Å². The van der Waals surface area contributed by atoms with Gasteiger partial charge in [0.25, 0.3) is 0 Å². The van der Waals surface area contributed by atoms with Crippen LogP contribution in [0.25, 0.3) is 12.2 Å². The van der Waals surface area contributed by atoms with Gasteiger partial charge in [-0.3, -0.25) is 19.9 Å². The zero-order valence-corrected chi connectivity index (χ0v) is 11.2. The van der Waals surface area contributed by atoms with Crippen molar-refractivity contribution in [1.82, 2.24) is 9.97 Å². The van der Waals surface area contributed by atoms with Crippen LogP contribution in [0.5, 0.6) is 0 Å². The SMILES string of the molecule is O=c1[nH]c(/C=C\c2cccc(C(F)(F)F)c2)c([N+](=O)[O-])c(=O)[nH]1. The molecule has 120 valence electrons. The first-order valence-corrected chi connectivity index (χ1v) is 6.05. The van der Waals surface area contributed by atoms with E-state index in [1.807, 2.05) is 0 Å². The lowest BCUT2D eigenvalue weighted by molar-refractivity contribution is -0.386. The number of nitrogens with one attached hydrogen (secondary N) is 2. The molecule has 0 unspecified atom stereocenters. The second-order valence-electron chi connectivity index (χ2n) is 4.38. The van der Waals surface area contributed by atoms with Gasteiger partial charge in [0.05, 0.1) is 10.5 Å². The number of benzene rings is 1. The summed E-state index contributed by atoms with van der Waals surface area (Å²) in [7, 11) is 0. The number of hydrogen-bond donors (Lipinski definition) is 2. The van der Waals surface area contributed by atoms with Crippen LogP contribution >= 0.6 is 0 Å². The molecule has 1 aromatic heterocycles. The molecule has 10 heteroatoms. The number of nitrogens with zero attached hydrogens (tertiary/aromatic N) is 1. The molecule has 0 saturated heterocycles. The van der Waals surface area contributed by atoms with Gasteiger partial charge in [-0.2, -0.15) is 13.2 Å². The van der Waals surface area contributed by atoms with Crippen LogP contribution in [-0.4, -0.2) is 14.9 Å². The standard InChI is InChI=1S/C13H8F3N3O4/c14-13(15,16)8-3-1-2-7(6-8)4-5-9-10(19(22)23)11(20)18-12(21)17-9/h1-6H,(H2,17,18,20,21)/b5-4-. The van der Waals surface area contributed by atoms with Gasteiger partial charge in [0.2, 0.25) is 0 Å². The fourth-order valence-corrected chi connectivity index (χ4v) is 1.80. The molecule has 0 aliphatic heterocycles. The molecule has 1 heterocycles. The number of aromatic amines is 2. The van der Waals surface area contributed by atoms with E-state index in [1.54, 1.807) is 4.98 Å². The second kappa shape index (κ2) is 5.91. The minimum absolute atomic E-state index is 0.0928. The maximum absolute atomic E-state index is 12.6. The van der Waals surface area contributed by atoms with E-state index in [1.165, 1.54) is 6.07 Å². The topological polar surface area (TPSA) is 109 Å². The van der Waals surface area contributed by atoms with E-state index < -0.39 is 39.3 Å². The number of hydrogen-bond acceptors (Lipinski definition) is 4. The Kier molecular flexibility index (Phi) is 4.16. The number of aromatic nitrogens is 2. The molecule has 0 atom stereocenters. The predicted molar refractivity (Wildman–Crippen MR) is 74.7 cm³/mol. The summed E-state index contributed by atoms with van der Waals surface area (Å²) in [6.45, 7) is 0. The van der Waals surface area contributed by atoms with Crippen molar-refractivity contribution in [1.29, 1.82) is 0 Å². The highest BCUT2D eigenvalue weighted by atomic mass is 19.4. The molecule has 2 N–H and O–H groups in total. The van der Waals surface area contributed by atoms with Crippen molar-refractivity contribution in [2.24, 2.45) is 0 Å². The molecular formula is C13H8F3N3O4. The first-order valence-electron chi connectivity index (χ1n) is 6.05. The third-order valence-electron chi connectivity index (χ3n) is 2.78. The lowest BCUT2D eigenvalue weighted by Crippen LogP contribution is -2.25. The first kappa shape index (κ1) is 16.2. The molecule has 0 saturated carbocycles. The van der Waals surface area contributed by atoms with E-state index in [-0.39, 0.29) is 5.56 Å². The van der Waals surface area contributed by atoms with Crippen molar-refractivity contribution in [3.05, 3.63) is 72.0 Å². The number of alkyl halides is 3. The maximum Gasteiger partial charge on any atom is 0.416 e. The van der Waals surface area contributed by atoms with Crippen LogP contribution in [0, 0.1) is 10.1 Å². The molecule has 0 fully saturated rings. The molecule has 23 heavy (non-hydrogen) atoms. The summed E-state index contributed by atoms with van der Waals surface area (Å²) in [4.78, 5) is 36.1. The van der Waals surface area contributed by atoms with Crippen LogP contribution in [0.3, 0.4) is 0 Å². The smallest absolute Gasteiger partial charge is 0.301 e. The Labute approximate surface area is 125 Å². The summed E-state index contributed by atoms with van der Waals surface area (Å²) in [6, 6.07) is 4.20. The van der Waals surface area contributed by atoms with Crippen molar-refractivity contribution >= 4 is 17.8 Å². The fraction of sp³-hybridized carbons (Fsp3) is 0.0769. The minimum Gasteiger partial charge on any atom is -0.301 e. The summed E-state index contributed by atoms with van der Waals surface area (Å²) >= 11 is 0. The van der Waals surface area contributed by atoms with Crippen molar-refractivity contribution in [3.63, 3.8) is 0 Å². The van der Waals surface area contributed by atoms with Crippen molar-refractivity contribution < 1.29 is 18.1 Å². The van der Waals surface area contributed by atoms with Crippen LogP contribution in [-0.2, 0) is 6.18 Å². The van der Waals surface area contributed by atoms with E-state index >= 15 is 0 Å². The summed E-state index contributed by atoms with van der Waals surface area (Å²) < 4.78 is 37.8. The van der Waals surface area contributed by atoms with Gasteiger partial charge in [0.1, 0.15) is 5.69 Å². The predicted octanol–water partition coefficient (Wildman–Crippen LogP) is 2.16. The van der Waals surface area contributed by atoms with E-state index in [9.17, 15) is 32.9 Å². The average Bonchev–Trinajstić information content (AvgIpc) is 2.43. The number of rotatable bonds is 3. The average molecular weight is 327 g/mol. The second-order valence-corrected chi connectivity index (χ2v) is 4.38. The summed E-state index contributed by atoms with van der Waals surface area (Å²) in [5.74, 6) is 0. The van der Waals surface area contributed by atoms with Crippen LogP contribution in [0.1, 0.15) is 16.8 Å². The molecule has 1 aromatic carbocycles. The minimum atomic E-state index is -4.53. The lowest BCUT2D eigenvalue weighted by Gasteiger charge is -2.06. The van der Waals surface area contributed by atoms with Gasteiger partial charge in [-0.15, -0.1) is 0 Å². The monoisotopic (exact) mass is 327 g/mol. The Balaban J connectivity index is 2.48. The largest absolute Gasteiger partial charge is 0.416 e. The highest BCUT2D eigenvalue weighted by Gasteiger charge is 2.30. The van der Waals surface area contributed by atoms with E-state index in [0.717, 1.165) is 30.4 Å². The highest BCUT2D eigenvalue weighted by Crippen LogP contribution is 2.29. The molecule has 2 rings (SSSR count). The van der Waals surface area contributed by atoms with E-state index in [4.69, 9.17) is 0 Å². The van der Waals surface area contributed by atoms with Gasteiger partial charge in [0, 0.05) is 0 Å². The van der Waals surface area contributed by atoms with Gasteiger partial charge in [-0.05, 0) is 23.8 Å². The van der Waals surface area contributed by atoms with Crippen molar-refractivity contribution in [2.75, 3.05) is 0 Å². The maximum atomic E-state index is 12.6. The number of nitro groups is 1. The molecular weight excluding hydrogens is 319 g/mol. The van der Waals surface area contributed by atoms with Crippen LogP contribution in [0.2, 0.25) is 0 Å². The van der Waals surface area contributed by atoms with Crippen molar-refractivity contribution in [2.45, 2.75) is 6.18 Å². The summed E-state index contributed by atoms with van der Waals surface area (Å²) in [5.41, 5.74) is -4.30. The Morgan fingerprint density at radius 3 is 2.43 bits per heavy atom.